The van der Waals surface area contributed by atoms with Crippen molar-refractivity contribution in [2.24, 2.45) is 0 Å². The number of nitriles is 1. The molecule has 0 saturated heterocycles. The molecule has 0 amide bonds. The van der Waals surface area contributed by atoms with Crippen LogP contribution >= 0.6 is 0 Å². The van der Waals surface area contributed by atoms with Crippen molar-refractivity contribution in [1.29, 1.82) is 5.26 Å². The zero-order valence-electron chi connectivity index (χ0n) is 10.3. The SMILES string of the molecule is N#Cc1ccc(NCc2cccnc2)cc1C(F)(F)F. The summed E-state index contributed by atoms with van der Waals surface area (Å²) < 4.78 is 38.4. The predicted octanol–water partition coefficient (Wildman–Crippen LogP) is 3.58. The van der Waals surface area contributed by atoms with Gasteiger partial charge >= 0.3 is 6.18 Å². The second-order valence-electron chi connectivity index (χ2n) is 4.08. The maximum atomic E-state index is 12.8. The first kappa shape index (κ1) is 13.9. The Morgan fingerprint density at radius 3 is 2.65 bits per heavy atom. The summed E-state index contributed by atoms with van der Waals surface area (Å²) in [5, 5.41) is 11.6. The molecule has 1 N–H and O–H groups in total. The second kappa shape index (κ2) is 5.61. The van der Waals surface area contributed by atoms with Gasteiger partial charge in [0.1, 0.15) is 0 Å². The molecule has 0 aliphatic rings. The molecule has 0 radical (unpaired) electrons. The van der Waals surface area contributed by atoms with Crippen LogP contribution in [0.1, 0.15) is 16.7 Å². The average molecular weight is 277 g/mol. The van der Waals surface area contributed by atoms with Gasteiger partial charge in [0.2, 0.25) is 0 Å². The number of nitrogens with zero attached hydrogens (tertiary/aromatic N) is 2. The number of nitrogens with one attached hydrogen (secondary N) is 1. The molecule has 0 aliphatic carbocycles. The van der Waals surface area contributed by atoms with Crippen molar-refractivity contribution < 1.29 is 13.2 Å². The number of hydrogen-bond acceptors (Lipinski definition) is 3. The zero-order chi connectivity index (χ0) is 14.6. The Morgan fingerprint density at radius 2 is 2.05 bits per heavy atom. The molecular weight excluding hydrogens is 267 g/mol. The van der Waals surface area contributed by atoms with Crippen LogP contribution in [0.3, 0.4) is 0 Å². The Morgan fingerprint density at radius 1 is 1.25 bits per heavy atom. The van der Waals surface area contributed by atoms with Gasteiger partial charge in [0, 0.05) is 24.6 Å². The molecule has 6 heteroatoms. The van der Waals surface area contributed by atoms with Gasteiger partial charge in [0.15, 0.2) is 0 Å². The first-order valence-electron chi connectivity index (χ1n) is 5.75. The molecule has 0 atom stereocenters. The van der Waals surface area contributed by atoms with Crippen LogP contribution in [-0.4, -0.2) is 4.98 Å². The Hall–Kier alpha value is -2.55. The number of alkyl halides is 3. The van der Waals surface area contributed by atoms with Gasteiger partial charge in [0.05, 0.1) is 17.2 Å². The molecule has 0 aliphatic heterocycles. The van der Waals surface area contributed by atoms with Gasteiger partial charge in [-0.05, 0) is 29.8 Å². The van der Waals surface area contributed by atoms with Crippen LogP contribution in [0.4, 0.5) is 18.9 Å². The van der Waals surface area contributed by atoms with E-state index in [0.717, 1.165) is 17.7 Å². The highest BCUT2D eigenvalue weighted by Crippen LogP contribution is 2.33. The summed E-state index contributed by atoms with van der Waals surface area (Å²) in [6.45, 7) is 0.358. The number of aromatic nitrogens is 1. The van der Waals surface area contributed by atoms with Crippen LogP contribution in [0.25, 0.3) is 0 Å². The van der Waals surface area contributed by atoms with Crippen LogP contribution in [-0.2, 0) is 12.7 Å². The van der Waals surface area contributed by atoms with Crippen molar-refractivity contribution in [2.45, 2.75) is 12.7 Å². The van der Waals surface area contributed by atoms with Crippen molar-refractivity contribution in [3.05, 3.63) is 59.4 Å². The molecule has 3 nitrogen and oxygen atoms in total. The first-order chi connectivity index (χ1) is 9.50. The lowest BCUT2D eigenvalue weighted by Gasteiger charge is -2.12. The fourth-order valence-electron chi connectivity index (χ4n) is 1.69. The number of rotatable bonds is 3. The number of pyridine rings is 1. The third-order valence-corrected chi connectivity index (χ3v) is 2.66. The van der Waals surface area contributed by atoms with E-state index in [4.69, 9.17) is 5.26 Å². The molecular formula is C14H10F3N3. The van der Waals surface area contributed by atoms with Gasteiger partial charge in [-0.1, -0.05) is 6.07 Å². The van der Waals surface area contributed by atoms with E-state index in [1.54, 1.807) is 24.5 Å². The number of halogens is 3. The highest BCUT2D eigenvalue weighted by Gasteiger charge is 2.33. The summed E-state index contributed by atoms with van der Waals surface area (Å²) in [6, 6.07) is 8.66. The monoisotopic (exact) mass is 277 g/mol. The largest absolute Gasteiger partial charge is 0.417 e. The fraction of sp³-hybridized carbons (Fsp3) is 0.143. The minimum absolute atomic E-state index is 0.306. The zero-order valence-corrected chi connectivity index (χ0v) is 10.3. The van der Waals surface area contributed by atoms with Crippen LogP contribution < -0.4 is 5.32 Å². The average Bonchev–Trinajstić information content (AvgIpc) is 2.45. The molecule has 1 aromatic carbocycles. The fourth-order valence-corrected chi connectivity index (χ4v) is 1.69. The molecule has 1 aromatic heterocycles. The minimum Gasteiger partial charge on any atom is -0.381 e. The van der Waals surface area contributed by atoms with Gasteiger partial charge in [-0.3, -0.25) is 4.98 Å². The van der Waals surface area contributed by atoms with E-state index in [1.165, 1.54) is 6.07 Å². The van der Waals surface area contributed by atoms with Crippen molar-refractivity contribution in [3.8, 4) is 6.07 Å². The van der Waals surface area contributed by atoms with E-state index < -0.39 is 11.7 Å². The topological polar surface area (TPSA) is 48.7 Å². The normalized spacial score (nSPS) is 10.9. The van der Waals surface area contributed by atoms with Gasteiger partial charge in [0.25, 0.3) is 0 Å². The summed E-state index contributed by atoms with van der Waals surface area (Å²) in [5.74, 6) is 0. The van der Waals surface area contributed by atoms with E-state index in [9.17, 15) is 13.2 Å². The van der Waals surface area contributed by atoms with E-state index in [0.29, 0.717) is 12.2 Å². The van der Waals surface area contributed by atoms with E-state index in [2.05, 4.69) is 10.3 Å². The van der Waals surface area contributed by atoms with E-state index in [1.807, 2.05) is 6.07 Å². The minimum atomic E-state index is -4.54. The lowest BCUT2D eigenvalue weighted by molar-refractivity contribution is -0.137. The standard InChI is InChI=1S/C14H10F3N3/c15-14(16,17)13-6-12(4-3-11(13)7-18)20-9-10-2-1-5-19-8-10/h1-6,8,20H,9H2. The van der Waals surface area contributed by atoms with Crippen molar-refractivity contribution in [3.63, 3.8) is 0 Å². The molecule has 1 heterocycles. The smallest absolute Gasteiger partial charge is 0.381 e. The molecule has 0 unspecified atom stereocenters. The lowest BCUT2D eigenvalue weighted by atomic mass is 10.1. The molecule has 0 spiro atoms. The third-order valence-electron chi connectivity index (χ3n) is 2.66. The third kappa shape index (κ3) is 3.26. The lowest BCUT2D eigenvalue weighted by Crippen LogP contribution is -2.09. The van der Waals surface area contributed by atoms with E-state index >= 15 is 0 Å². The van der Waals surface area contributed by atoms with Crippen LogP contribution in [0.5, 0.6) is 0 Å². The summed E-state index contributed by atoms with van der Waals surface area (Å²) in [6.07, 6.45) is -1.30. The van der Waals surface area contributed by atoms with Gasteiger partial charge in [-0.15, -0.1) is 0 Å². The molecule has 0 fully saturated rings. The molecule has 20 heavy (non-hydrogen) atoms. The van der Waals surface area contributed by atoms with Gasteiger partial charge < -0.3 is 5.32 Å². The number of anilines is 1. The second-order valence-corrected chi connectivity index (χ2v) is 4.08. The summed E-state index contributed by atoms with van der Waals surface area (Å²) in [5.41, 5.74) is -0.161. The van der Waals surface area contributed by atoms with Crippen LogP contribution in [0.15, 0.2) is 42.7 Å². The summed E-state index contributed by atoms with van der Waals surface area (Å²) in [4.78, 5) is 3.92. The Balaban J connectivity index is 2.20. The van der Waals surface area contributed by atoms with Crippen molar-refractivity contribution >= 4 is 5.69 Å². The quantitative estimate of drug-likeness (QED) is 0.932. The van der Waals surface area contributed by atoms with Crippen molar-refractivity contribution in [2.75, 3.05) is 5.32 Å². The van der Waals surface area contributed by atoms with Gasteiger partial charge in [-0.25, -0.2) is 0 Å². The maximum absolute atomic E-state index is 12.8. The molecule has 2 rings (SSSR count). The highest BCUT2D eigenvalue weighted by atomic mass is 19.4. The first-order valence-corrected chi connectivity index (χ1v) is 5.75. The molecule has 0 saturated carbocycles. The Labute approximate surface area is 113 Å². The Bertz CT molecular complexity index is 630. The molecule has 102 valence electrons. The van der Waals surface area contributed by atoms with Crippen molar-refractivity contribution in [1.82, 2.24) is 4.98 Å². The molecule has 2 aromatic rings. The summed E-state index contributed by atoms with van der Waals surface area (Å²) >= 11 is 0. The number of benzene rings is 1. The predicted molar refractivity (Wildman–Crippen MR) is 67.7 cm³/mol. The van der Waals surface area contributed by atoms with Crippen LogP contribution in [0.2, 0.25) is 0 Å². The number of hydrogen-bond donors (Lipinski definition) is 1. The molecule has 0 bridgehead atoms. The summed E-state index contributed by atoms with van der Waals surface area (Å²) in [7, 11) is 0. The van der Waals surface area contributed by atoms with E-state index in [-0.39, 0.29) is 5.56 Å². The van der Waals surface area contributed by atoms with Gasteiger partial charge in [-0.2, -0.15) is 18.4 Å². The van der Waals surface area contributed by atoms with Crippen LogP contribution in [0, 0.1) is 11.3 Å². The maximum Gasteiger partial charge on any atom is 0.417 e. The Kier molecular flexibility index (Phi) is 3.89. The highest BCUT2D eigenvalue weighted by molar-refractivity contribution is 5.53.